The molecule has 0 aliphatic carbocycles. The molecule has 1 aromatic rings. The summed E-state index contributed by atoms with van der Waals surface area (Å²) in [5.74, 6) is -1.28. The van der Waals surface area contributed by atoms with E-state index < -0.39 is 22.8 Å². The fraction of sp³-hybridized carbons (Fsp3) is 0.250. The number of carboxylic acids is 1. The zero-order valence-electron chi connectivity index (χ0n) is 7.29. The molecule has 0 saturated heterocycles. The van der Waals surface area contributed by atoms with Crippen molar-refractivity contribution < 1.29 is 14.1 Å². The first-order valence-corrected chi connectivity index (χ1v) is 5.21. The Morgan fingerprint density at radius 3 is 2.86 bits per heavy atom. The lowest BCUT2D eigenvalue weighted by atomic mass is 10.4. The molecule has 0 saturated carbocycles. The van der Waals surface area contributed by atoms with Gasteiger partial charge < -0.3 is 10.8 Å². The van der Waals surface area contributed by atoms with Crippen molar-refractivity contribution in [2.24, 2.45) is 5.73 Å². The molecule has 2 atom stereocenters. The quantitative estimate of drug-likeness (QED) is 0.711. The van der Waals surface area contributed by atoms with E-state index in [0.29, 0.717) is 5.03 Å². The first kappa shape index (κ1) is 10.8. The maximum absolute atomic E-state index is 11.5. The summed E-state index contributed by atoms with van der Waals surface area (Å²) < 4.78 is 11.5. The summed E-state index contributed by atoms with van der Waals surface area (Å²) in [6.45, 7) is 0. The SMILES string of the molecule is NC(CS(=O)c1ccccn1)C(=O)O. The highest BCUT2D eigenvalue weighted by atomic mass is 32.2. The second-order valence-electron chi connectivity index (χ2n) is 2.62. The molecule has 3 N–H and O–H groups in total. The van der Waals surface area contributed by atoms with Gasteiger partial charge >= 0.3 is 5.97 Å². The third kappa shape index (κ3) is 2.90. The zero-order valence-corrected chi connectivity index (χ0v) is 8.11. The van der Waals surface area contributed by atoms with Crippen molar-refractivity contribution in [3.05, 3.63) is 24.4 Å². The van der Waals surface area contributed by atoms with Crippen LogP contribution in [0.5, 0.6) is 0 Å². The highest BCUT2D eigenvalue weighted by molar-refractivity contribution is 7.85. The van der Waals surface area contributed by atoms with Crippen LogP contribution in [0.2, 0.25) is 0 Å². The Labute approximate surface area is 83.4 Å². The summed E-state index contributed by atoms with van der Waals surface area (Å²) in [7, 11) is -1.45. The molecule has 0 aliphatic heterocycles. The highest BCUT2D eigenvalue weighted by Gasteiger charge is 2.16. The van der Waals surface area contributed by atoms with Crippen LogP contribution in [0.15, 0.2) is 29.4 Å². The number of rotatable bonds is 4. The van der Waals surface area contributed by atoms with Crippen LogP contribution in [0.1, 0.15) is 0 Å². The molecule has 2 unspecified atom stereocenters. The van der Waals surface area contributed by atoms with Crippen molar-refractivity contribution in [3.8, 4) is 0 Å². The van der Waals surface area contributed by atoms with Gasteiger partial charge in [0.1, 0.15) is 11.1 Å². The van der Waals surface area contributed by atoms with E-state index in [1.54, 1.807) is 18.2 Å². The van der Waals surface area contributed by atoms with Gasteiger partial charge in [-0.25, -0.2) is 4.98 Å². The smallest absolute Gasteiger partial charge is 0.321 e. The molecule has 0 aliphatic rings. The summed E-state index contributed by atoms with van der Waals surface area (Å²) in [6.07, 6.45) is 1.50. The largest absolute Gasteiger partial charge is 0.480 e. The van der Waals surface area contributed by atoms with Gasteiger partial charge in [-0.3, -0.25) is 9.00 Å². The predicted molar refractivity (Wildman–Crippen MR) is 51.1 cm³/mol. The van der Waals surface area contributed by atoms with Crippen LogP contribution in [0.3, 0.4) is 0 Å². The van der Waals surface area contributed by atoms with Gasteiger partial charge in [-0.05, 0) is 12.1 Å². The first-order valence-electron chi connectivity index (χ1n) is 3.89. The van der Waals surface area contributed by atoms with Gasteiger partial charge in [-0.15, -0.1) is 0 Å². The molecule has 0 radical (unpaired) electrons. The normalized spacial score (nSPS) is 14.6. The molecule has 6 heteroatoms. The molecular formula is C8H10N2O3S. The van der Waals surface area contributed by atoms with Crippen LogP contribution in [-0.4, -0.2) is 32.1 Å². The number of carboxylic acid groups (broad SMARTS) is 1. The molecule has 14 heavy (non-hydrogen) atoms. The van der Waals surface area contributed by atoms with Gasteiger partial charge in [0.15, 0.2) is 0 Å². The Morgan fingerprint density at radius 2 is 2.36 bits per heavy atom. The van der Waals surface area contributed by atoms with Crippen LogP contribution < -0.4 is 5.73 Å². The maximum atomic E-state index is 11.5. The number of hydrogen-bond acceptors (Lipinski definition) is 4. The minimum absolute atomic E-state index is 0.119. The number of carbonyl (C=O) groups is 1. The Hall–Kier alpha value is -1.27. The lowest BCUT2D eigenvalue weighted by molar-refractivity contribution is -0.137. The van der Waals surface area contributed by atoms with E-state index in [9.17, 15) is 9.00 Å². The fourth-order valence-electron chi connectivity index (χ4n) is 0.802. The van der Waals surface area contributed by atoms with Crippen molar-refractivity contribution >= 4 is 16.8 Å². The van der Waals surface area contributed by atoms with Crippen molar-refractivity contribution in [2.75, 3.05) is 5.75 Å². The molecular weight excluding hydrogens is 204 g/mol. The van der Waals surface area contributed by atoms with Gasteiger partial charge in [0, 0.05) is 6.20 Å². The zero-order chi connectivity index (χ0) is 10.6. The standard InChI is InChI=1S/C8H10N2O3S/c9-6(8(11)12)5-14(13)7-3-1-2-4-10-7/h1-4,6H,5,9H2,(H,11,12). The summed E-state index contributed by atoms with van der Waals surface area (Å²) in [6, 6.07) is 3.84. The molecule has 5 nitrogen and oxygen atoms in total. The lowest BCUT2D eigenvalue weighted by Gasteiger charge is -2.04. The average molecular weight is 214 g/mol. The molecule has 0 fully saturated rings. The third-order valence-electron chi connectivity index (χ3n) is 1.52. The van der Waals surface area contributed by atoms with E-state index in [2.05, 4.69) is 4.98 Å². The second-order valence-corrected chi connectivity index (χ2v) is 4.07. The van der Waals surface area contributed by atoms with Crippen molar-refractivity contribution in [1.29, 1.82) is 0 Å². The summed E-state index contributed by atoms with van der Waals surface area (Å²) in [5.41, 5.74) is 5.23. The minimum Gasteiger partial charge on any atom is -0.480 e. The van der Waals surface area contributed by atoms with E-state index in [0.717, 1.165) is 0 Å². The third-order valence-corrected chi connectivity index (χ3v) is 2.89. The van der Waals surface area contributed by atoms with E-state index >= 15 is 0 Å². The van der Waals surface area contributed by atoms with E-state index in [4.69, 9.17) is 10.8 Å². The predicted octanol–water partition coefficient (Wildman–Crippen LogP) is -0.399. The molecule has 1 rings (SSSR count). The summed E-state index contributed by atoms with van der Waals surface area (Å²) in [5, 5.41) is 8.85. The molecule has 1 aromatic heterocycles. The van der Waals surface area contributed by atoms with Crippen LogP contribution in [0.25, 0.3) is 0 Å². The maximum Gasteiger partial charge on any atom is 0.321 e. The molecule has 1 heterocycles. The summed E-state index contributed by atoms with van der Waals surface area (Å²) >= 11 is 0. The van der Waals surface area contributed by atoms with Gasteiger partial charge in [0.2, 0.25) is 0 Å². The number of nitrogens with zero attached hydrogens (tertiary/aromatic N) is 1. The van der Waals surface area contributed by atoms with Gasteiger partial charge in [-0.1, -0.05) is 6.07 Å². The Morgan fingerprint density at radius 1 is 1.64 bits per heavy atom. The highest BCUT2D eigenvalue weighted by Crippen LogP contribution is 2.02. The van der Waals surface area contributed by atoms with Crippen LogP contribution >= 0.6 is 0 Å². The number of nitrogens with two attached hydrogens (primary N) is 1. The number of aromatic nitrogens is 1. The van der Waals surface area contributed by atoms with E-state index in [1.165, 1.54) is 6.20 Å². The monoisotopic (exact) mass is 214 g/mol. The van der Waals surface area contributed by atoms with Crippen molar-refractivity contribution in [1.82, 2.24) is 4.98 Å². The Balaban J connectivity index is 2.64. The van der Waals surface area contributed by atoms with Crippen molar-refractivity contribution in [3.63, 3.8) is 0 Å². The fourth-order valence-corrected chi connectivity index (χ4v) is 1.85. The molecule has 76 valence electrons. The van der Waals surface area contributed by atoms with Crippen LogP contribution in [0, 0.1) is 0 Å². The number of hydrogen-bond donors (Lipinski definition) is 2. The number of aliphatic carboxylic acids is 1. The van der Waals surface area contributed by atoms with Gasteiger partial charge in [0.25, 0.3) is 0 Å². The van der Waals surface area contributed by atoms with Crippen LogP contribution in [-0.2, 0) is 15.6 Å². The molecule has 0 amide bonds. The lowest BCUT2D eigenvalue weighted by Crippen LogP contribution is -2.35. The topological polar surface area (TPSA) is 93.3 Å². The average Bonchev–Trinajstić information content (AvgIpc) is 2.19. The molecule has 0 spiro atoms. The summed E-state index contributed by atoms with van der Waals surface area (Å²) in [4.78, 5) is 14.2. The van der Waals surface area contributed by atoms with Crippen LogP contribution in [0.4, 0.5) is 0 Å². The Kier molecular flexibility index (Phi) is 3.73. The molecule has 0 aromatic carbocycles. The van der Waals surface area contributed by atoms with E-state index in [-0.39, 0.29) is 5.75 Å². The van der Waals surface area contributed by atoms with Gasteiger partial charge in [-0.2, -0.15) is 0 Å². The number of pyridine rings is 1. The van der Waals surface area contributed by atoms with Crippen molar-refractivity contribution in [2.45, 2.75) is 11.1 Å². The molecule has 0 bridgehead atoms. The second kappa shape index (κ2) is 4.83. The minimum atomic E-state index is -1.45. The van der Waals surface area contributed by atoms with E-state index in [1.807, 2.05) is 0 Å². The first-order chi connectivity index (χ1) is 6.61. The Bertz CT molecular complexity index is 342. The van der Waals surface area contributed by atoms with Gasteiger partial charge in [0.05, 0.1) is 16.6 Å².